The summed E-state index contributed by atoms with van der Waals surface area (Å²) in [6, 6.07) is 11.8. The minimum absolute atomic E-state index is 0.110. The summed E-state index contributed by atoms with van der Waals surface area (Å²) in [6.45, 7) is 4.03. The van der Waals surface area contributed by atoms with Crippen molar-refractivity contribution in [2.75, 3.05) is 26.2 Å². The van der Waals surface area contributed by atoms with Crippen LogP contribution in [0.15, 0.2) is 47.1 Å². The van der Waals surface area contributed by atoms with E-state index in [1.54, 1.807) is 6.26 Å². The fourth-order valence-corrected chi connectivity index (χ4v) is 3.27. The first-order valence-corrected chi connectivity index (χ1v) is 8.08. The number of furan rings is 1. The molecule has 5 heteroatoms. The van der Waals surface area contributed by atoms with Crippen LogP contribution in [-0.4, -0.2) is 48.0 Å². The van der Waals surface area contributed by atoms with E-state index in [0.717, 1.165) is 49.8 Å². The van der Waals surface area contributed by atoms with Gasteiger partial charge in [-0.2, -0.15) is 0 Å². The summed E-state index contributed by atoms with van der Waals surface area (Å²) in [5.41, 5.74) is 1.13. The van der Waals surface area contributed by atoms with Crippen molar-refractivity contribution in [2.45, 2.75) is 19.1 Å². The number of benzene rings is 1. The molecule has 3 heterocycles. The smallest absolute Gasteiger partial charge is 0.264 e. The third-order valence-corrected chi connectivity index (χ3v) is 4.57. The van der Waals surface area contributed by atoms with Crippen molar-refractivity contribution < 1.29 is 13.9 Å². The van der Waals surface area contributed by atoms with Gasteiger partial charge in [0.1, 0.15) is 11.5 Å². The molecule has 1 saturated heterocycles. The van der Waals surface area contributed by atoms with Crippen LogP contribution in [0, 0.1) is 0 Å². The molecular formula is C18H20N2O3. The van der Waals surface area contributed by atoms with E-state index >= 15 is 0 Å². The minimum Gasteiger partial charge on any atom is -0.480 e. The van der Waals surface area contributed by atoms with E-state index in [1.165, 1.54) is 0 Å². The van der Waals surface area contributed by atoms with Gasteiger partial charge in [-0.1, -0.05) is 18.2 Å². The number of carbonyl (C=O) groups is 1. The number of piperazine rings is 1. The zero-order valence-electron chi connectivity index (χ0n) is 13.0. The van der Waals surface area contributed by atoms with Crippen molar-refractivity contribution in [1.82, 2.24) is 9.80 Å². The van der Waals surface area contributed by atoms with Crippen molar-refractivity contribution in [2.24, 2.45) is 0 Å². The lowest BCUT2D eigenvalue weighted by molar-refractivity contribution is -0.139. The van der Waals surface area contributed by atoms with E-state index in [0.29, 0.717) is 6.42 Å². The number of hydrogen-bond donors (Lipinski definition) is 0. The van der Waals surface area contributed by atoms with Gasteiger partial charge in [0.15, 0.2) is 6.10 Å². The zero-order chi connectivity index (χ0) is 15.6. The Bertz CT molecular complexity index is 650. The number of nitrogens with zero attached hydrogens (tertiary/aromatic N) is 2. The van der Waals surface area contributed by atoms with Gasteiger partial charge in [0.25, 0.3) is 5.91 Å². The molecule has 5 nitrogen and oxygen atoms in total. The second-order valence-corrected chi connectivity index (χ2v) is 6.10. The molecule has 0 unspecified atom stereocenters. The standard InChI is InChI=1S/C18H20N2O3/c21-18(17-12-14-4-1-2-6-16(14)23-17)20-9-7-19(8-10-20)13-15-5-3-11-22-15/h1-6,11,17H,7-10,12-13H2/t17-/m1/s1. The van der Waals surface area contributed by atoms with Crippen molar-refractivity contribution in [3.05, 3.63) is 54.0 Å². The average Bonchev–Trinajstić information content (AvgIpc) is 3.24. The minimum atomic E-state index is -0.357. The van der Waals surface area contributed by atoms with E-state index in [-0.39, 0.29) is 12.0 Å². The first-order chi connectivity index (χ1) is 11.3. The molecule has 1 aromatic heterocycles. The fourth-order valence-electron chi connectivity index (χ4n) is 3.27. The number of ether oxygens (including phenoxy) is 1. The lowest BCUT2D eigenvalue weighted by Gasteiger charge is -2.35. The predicted octanol–water partition coefficient (Wildman–Crippen LogP) is 1.93. The molecule has 120 valence electrons. The quantitative estimate of drug-likeness (QED) is 0.869. The molecule has 23 heavy (non-hydrogen) atoms. The van der Waals surface area contributed by atoms with Crippen molar-refractivity contribution in [1.29, 1.82) is 0 Å². The Hall–Kier alpha value is -2.27. The molecule has 0 N–H and O–H groups in total. The Labute approximate surface area is 135 Å². The van der Waals surface area contributed by atoms with Crippen LogP contribution in [-0.2, 0) is 17.8 Å². The van der Waals surface area contributed by atoms with Crippen molar-refractivity contribution in [3.63, 3.8) is 0 Å². The summed E-state index contributed by atoms with van der Waals surface area (Å²) in [7, 11) is 0. The number of amides is 1. The summed E-state index contributed by atoms with van der Waals surface area (Å²) in [4.78, 5) is 16.9. The summed E-state index contributed by atoms with van der Waals surface area (Å²) in [5, 5.41) is 0. The van der Waals surface area contributed by atoms with E-state index in [1.807, 2.05) is 41.3 Å². The monoisotopic (exact) mass is 312 g/mol. The highest BCUT2D eigenvalue weighted by atomic mass is 16.5. The van der Waals surface area contributed by atoms with Crippen molar-refractivity contribution in [3.8, 4) is 5.75 Å². The Morgan fingerprint density at radius 2 is 1.91 bits per heavy atom. The van der Waals surface area contributed by atoms with Gasteiger partial charge in [0.2, 0.25) is 0 Å². The number of hydrogen-bond acceptors (Lipinski definition) is 4. The van der Waals surface area contributed by atoms with E-state index in [4.69, 9.17) is 9.15 Å². The van der Waals surface area contributed by atoms with Crippen LogP contribution in [0.3, 0.4) is 0 Å². The zero-order valence-corrected chi connectivity index (χ0v) is 13.0. The third-order valence-electron chi connectivity index (χ3n) is 4.57. The van der Waals surface area contributed by atoms with Crippen LogP contribution in [0.1, 0.15) is 11.3 Å². The maximum Gasteiger partial charge on any atom is 0.264 e. The van der Waals surface area contributed by atoms with Crippen LogP contribution in [0.2, 0.25) is 0 Å². The normalized spacial score (nSPS) is 21.0. The Balaban J connectivity index is 1.31. The molecule has 0 radical (unpaired) electrons. The second kappa shape index (κ2) is 6.08. The summed E-state index contributed by atoms with van der Waals surface area (Å²) in [5.74, 6) is 1.93. The number of carbonyl (C=O) groups excluding carboxylic acids is 1. The van der Waals surface area contributed by atoms with Gasteiger partial charge in [-0.05, 0) is 23.8 Å². The lowest BCUT2D eigenvalue weighted by Crippen LogP contribution is -2.51. The maximum absolute atomic E-state index is 12.7. The molecule has 1 amide bonds. The molecular weight excluding hydrogens is 292 g/mol. The second-order valence-electron chi connectivity index (χ2n) is 6.10. The molecule has 1 atom stereocenters. The van der Waals surface area contributed by atoms with Crippen molar-refractivity contribution >= 4 is 5.91 Å². The summed E-state index contributed by atoms with van der Waals surface area (Å²) in [6.07, 6.45) is 2.02. The van der Waals surface area contributed by atoms with Crippen LogP contribution >= 0.6 is 0 Å². The summed E-state index contributed by atoms with van der Waals surface area (Å²) < 4.78 is 11.2. The van der Waals surface area contributed by atoms with Gasteiger partial charge in [0.05, 0.1) is 12.8 Å². The number of fused-ring (bicyclic) bond motifs is 1. The van der Waals surface area contributed by atoms with Gasteiger partial charge in [-0.25, -0.2) is 0 Å². The molecule has 2 aromatic rings. The molecule has 2 aliphatic heterocycles. The van der Waals surface area contributed by atoms with Crippen LogP contribution in [0.25, 0.3) is 0 Å². The van der Waals surface area contributed by atoms with Crippen LogP contribution in [0.5, 0.6) is 5.75 Å². The van der Waals surface area contributed by atoms with Gasteiger partial charge in [0, 0.05) is 32.6 Å². The lowest BCUT2D eigenvalue weighted by atomic mass is 10.1. The largest absolute Gasteiger partial charge is 0.480 e. The highest BCUT2D eigenvalue weighted by molar-refractivity contribution is 5.82. The first-order valence-electron chi connectivity index (χ1n) is 8.08. The van der Waals surface area contributed by atoms with Gasteiger partial charge >= 0.3 is 0 Å². The Kier molecular flexibility index (Phi) is 3.79. The van der Waals surface area contributed by atoms with Crippen LogP contribution < -0.4 is 4.74 Å². The predicted molar refractivity (Wildman–Crippen MR) is 85.1 cm³/mol. The molecule has 1 fully saturated rings. The van der Waals surface area contributed by atoms with E-state index in [9.17, 15) is 4.79 Å². The molecule has 0 bridgehead atoms. The maximum atomic E-state index is 12.7. The van der Waals surface area contributed by atoms with Gasteiger partial charge in [-0.3, -0.25) is 9.69 Å². The molecule has 0 saturated carbocycles. The number of para-hydroxylation sites is 1. The highest BCUT2D eigenvalue weighted by Crippen LogP contribution is 2.29. The highest BCUT2D eigenvalue weighted by Gasteiger charge is 2.33. The van der Waals surface area contributed by atoms with Gasteiger partial charge in [-0.15, -0.1) is 0 Å². The molecule has 2 aliphatic rings. The first kappa shape index (κ1) is 14.3. The topological polar surface area (TPSA) is 45.9 Å². The van der Waals surface area contributed by atoms with Gasteiger partial charge < -0.3 is 14.1 Å². The van der Waals surface area contributed by atoms with E-state index in [2.05, 4.69) is 4.90 Å². The molecule has 1 aromatic carbocycles. The molecule has 0 aliphatic carbocycles. The Morgan fingerprint density at radius 1 is 1.09 bits per heavy atom. The van der Waals surface area contributed by atoms with Crippen LogP contribution in [0.4, 0.5) is 0 Å². The average molecular weight is 312 g/mol. The Morgan fingerprint density at radius 3 is 2.65 bits per heavy atom. The third kappa shape index (κ3) is 2.97. The summed E-state index contributed by atoms with van der Waals surface area (Å²) >= 11 is 0. The SMILES string of the molecule is O=C([C@H]1Cc2ccccc2O1)N1CCN(Cc2ccco2)CC1. The molecule has 0 spiro atoms. The van der Waals surface area contributed by atoms with E-state index < -0.39 is 0 Å². The molecule has 4 rings (SSSR count). The number of rotatable bonds is 3. The fraction of sp³-hybridized carbons (Fsp3) is 0.389.